The number of ether oxygens (including phenoxy) is 2. The molecule has 0 saturated heterocycles. The largest absolute Gasteiger partial charge is 0.497 e. The average molecular weight is 492 g/mol. The molecule has 0 bridgehead atoms. The number of methoxy groups -OCH3 is 1. The van der Waals surface area contributed by atoms with Crippen LogP contribution in [-0.4, -0.2) is 69.6 Å². The number of carboxylic acids is 2. The molecule has 35 heavy (non-hydrogen) atoms. The van der Waals surface area contributed by atoms with Crippen LogP contribution < -0.4 is 20.6 Å². The van der Waals surface area contributed by atoms with E-state index < -0.39 is 36.4 Å². The van der Waals surface area contributed by atoms with E-state index in [0.717, 1.165) is 19.3 Å². The number of aliphatic imine (C=N–C) groups is 1. The van der Waals surface area contributed by atoms with Crippen LogP contribution in [0.25, 0.3) is 10.9 Å². The first-order valence-electron chi connectivity index (χ1n) is 10.8. The third-order valence-electron chi connectivity index (χ3n) is 4.92. The summed E-state index contributed by atoms with van der Waals surface area (Å²) in [4.78, 5) is 41.7. The number of nitrogens with one attached hydrogen (secondary N) is 2. The van der Waals surface area contributed by atoms with Crippen LogP contribution in [0.2, 0.25) is 0 Å². The number of fused-ring (bicyclic) bond motifs is 1. The molecule has 0 spiro atoms. The van der Waals surface area contributed by atoms with E-state index >= 15 is 0 Å². The summed E-state index contributed by atoms with van der Waals surface area (Å²) in [6.07, 6.45) is 1.99. The molecular formula is C22H29N5O8. The van der Waals surface area contributed by atoms with Crippen molar-refractivity contribution in [2.45, 2.75) is 44.6 Å². The molecule has 0 saturated carbocycles. The summed E-state index contributed by atoms with van der Waals surface area (Å²) in [5.74, 6) is -4.13. The second kappa shape index (κ2) is 12.4. The van der Waals surface area contributed by atoms with Gasteiger partial charge in [0.05, 0.1) is 31.7 Å². The van der Waals surface area contributed by atoms with E-state index in [1.54, 1.807) is 18.2 Å². The van der Waals surface area contributed by atoms with Crippen molar-refractivity contribution in [3.05, 3.63) is 23.8 Å². The summed E-state index contributed by atoms with van der Waals surface area (Å²) >= 11 is 0. The van der Waals surface area contributed by atoms with Gasteiger partial charge in [-0.25, -0.2) is 10.2 Å². The first-order chi connectivity index (χ1) is 16.6. The van der Waals surface area contributed by atoms with Crippen molar-refractivity contribution >= 4 is 41.0 Å². The van der Waals surface area contributed by atoms with Crippen LogP contribution in [0.3, 0.4) is 0 Å². The molecule has 13 heteroatoms. The Morgan fingerprint density at radius 2 is 1.97 bits per heavy atom. The van der Waals surface area contributed by atoms with Crippen LogP contribution in [-0.2, 0) is 14.4 Å². The molecule has 0 aliphatic heterocycles. The number of hydrazone groups is 1. The number of carboxylic acid groups (broad SMARTS) is 2. The lowest BCUT2D eigenvalue weighted by Gasteiger charge is -2.19. The Balaban J connectivity index is 2.29. The highest BCUT2D eigenvalue weighted by Crippen LogP contribution is 2.30. The predicted molar refractivity (Wildman–Crippen MR) is 127 cm³/mol. The number of aromatic nitrogens is 1. The molecule has 13 nitrogen and oxygen atoms in total. The molecule has 0 aliphatic carbocycles. The fourth-order valence-corrected chi connectivity index (χ4v) is 3.12. The van der Waals surface area contributed by atoms with Crippen molar-refractivity contribution in [2.75, 3.05) is 13.7 Å². The Morgan fingerprint density at radius 1 is 1.23 bits per heavy atom. The van der Waals surface area contributed by atoms with E-state index in [1.807, 2.05) is 0 Å². The van der Waals surface area contributed by atoms with Gasteiger partial charge in [-0.05, 0) is 24.6 Å². The number of unbranched alkanes of at least 4 members (excludes halogenated alkanes) is 2. The molecule has 0 amide bonds. The lowest BCUT2D eigenvalue weighted by Crippen LogP contribution is -2.43. The van der Waals surface area contributed by atoms with Crippen molar-refractivity contribution < 1.29 is 39.2 Å². The maximum absolute atomic E-state index is 12.4. The standard InChI is InChI=1S/C22H29N5O8/c1-3-4-5-8-24-21(23)27-25-12-15-14-9-13(34-2)6-7-16(14)26-19(15)35-18(30)11-22(33,20(31)32)10-17(28)29/h6-7,9,12,26,33H,3-5,8,10-11H2,1-2H3,(H,28,29)(H,31,32)(H3,23,24,27)/b25-12+. The van der Waals surface area contributed by atoms with E-state index in [2.05, 4.69) is 27.4 Å². The zero-order chi connectivity index (χ0) is 26.0. The number of nitrogens with two attached hydrogens (primary N) is 1. The van der Waals surface area contributed by atoms with Crippen LogP contribution >= 0.6 is 0 Å². The number of aliphatic carboxylic acids is 2. The third kappa shape index (κ3) is 7.71. The summed E-state index contributed by atoms with van der Waals surface area (Å²) in [5, 5.41) is 32.8. The Kier molecular flexibility index (Phi) is 9.58. The zero-order valence-corrected chi connectivity index (χ0v) is 19.4. The average Bonchev–Trinajstić information content (AvgIpc) is 3.11. The van der Waals surface area contributed by atoms with Gasteiger partial charge < -0.3 is 35.5 Å². The molecule has 1 aromatic heterocycles. The Morgan fingerprint density at radius 3 is 2.60 bits per heavy atom. The van der Waals surface area contributed by atoms with Crippen LogP contribution in [0.5, 0.6) is 11.6 Å². The van der Waals surface area contributed by atoms with Crippen LogP contribution in [0, 0.1) is 0 Å². The molecule has 2 aromatic rings. The molecule has 2 rings (SSSR count). The highest BCUT2D eigenvalue weighted by Gasteiger charge is 2.41. The molecule has 0 aliphatic rings. The Bertz CT molecular complexity index is 1130. The number of hydrogen-bond acceptors (Lipinski definition) is 8. The van der Waals surface area contributed by atoms with Gasteiger partial charge in [0.2, 0.25) is 11.8 Å². The number of carbonyl (C=O) groups is 3. The van der Waals surface area contributed by atoms with Crippen molar-refractivity contribution in [3.8, 4) is 11.6 Å². The highest BCUT2D eigenvalue weighted by atomic mass is 16.5. The minimum absolute atomic E-state index is 0.0912. The Hall–Kier alpha value is -4.13. The predicted octanol–water partition coefficient (Wildman–Crippen LogP) is 1.19. The zero-order valence-electron chi connectivity index (χ0n) is 19.4. The third-order valence-corrected chi connectivity index (χ3v) is 4.92. The highest BCUT2D eigenvalue weighted by molar-refractivity contribution is 6.03. The number of H-pyrrole nitrogens is 1. The molecule has 1 heterocycles. The van der Waals surface area contributed by atoms with E-state index in [-0.39, 0.29) is 17.4 Å². The number of nitrogens with zero attached hydrogens (tertiary/aromatic N) is 2. The number of aromatic amines is 1. The molecule has 0 fully saturated rings. The van der Waals surface area contributed by atoms with E-state index in [0.29, 0.717) is 23.2 Å². The minimum Gasteiger partial charge on any atom is -0.497 e. The second-order valence-corrected chi connectivity index (χ2v) is 7.68. The molecular weight excluding hydrogens is 462 g/mol. The van der Waals surface area contributed by atoms with Gasteiger partial charge in [-0.3, -0.25) is 14.6 Å². The summed E-state index contributed by atoms with van der Waals surface area (Å²) in [7, 11) is 1.48. The molecule has 1 aromatic carbocycles. The van der Waals surface area contributed by atoms with Gasteiger partial charge in [-0.1, -0.05) is 19.8 Å². The quantitative estimate of drug-likeness (QED) is 0.0775. The van der Waals surface area contributed by atoms with Crippen molar-refractivity contribution in [1.29, 1.82) is 0 Å². The number of hydrogen-bond donors (Lipinski definition) is 6. The van der Waals surface area contributed by atoms with Gasteiger partial charge in [-0.2, -0.15) is 5.10 Å². The SMILES string of the molecule is CCCCCN=C(N)N/N=C/c1c(OC(=O)CC(O)(CC(=O)O)C(=O)O)[nH]c2ccc(OC)cc12. The van der Waals surface area contributed by atoms with E-state index in [1.165, 1.54) is 13.3 Å². The van der Waals surface area contributed by atoms with Crippen molar-refractivity contribution in [2.24, 2.45) is 15.8 Å². The van der Waals surface area contributed by atoms with Gasteiger partial charge in [0.25, 0.3) is 0 Å². The lowest BCUT2D eigenvalue weighted by atomic mass is 9.96. The fraction of sp³-hybridized carbons (Fsp3) is 0.409. The summed E-state index contributed by atoms with van der Waals surface area (Å²) in [6.45, 7) is 2.61. The van der Waals surface area contributed by atoms with Gasteiger partial charge in [-0.15, -0.1) is 0 Å². The molecule has 0 radical (unpaired) electrons. The number of esters is 1. The van der Waals surface area contributed by atoms with Crippen LogP contribution in [0.4, 0.5) is 0 Å². The van der Waals surface area contributed by atoms with Crippen molar-refractivity contribution in [3.63, 3.8) is 0 Å². The number of guanidine groups is 1. The Labute approximate surface area is 200 Å². The van der Waals surface area contributed by atoms with Gasteiger partial charge in [0.15, 0.2) is 5.60 Å². The first kappa shape index (κ1) is 27.1. The van der Waals surface area contributed by atoms with Gasteiger partial charge in [0, 0.05) is 17.4 Å². The number of aliphatic hydroxyl groups is 1. The monoisotopic (exact) mass is 491 g/mol. The maximum atomic E-state index is 12.4. The summed E-state index contributed by atoms with van der Waals surface area (Å²) in [5.41, 5.74) is 6.35. The van der Waals surface area contributed by atoms with E-state index in [9.17, 15) is 24.6 Å². The fourth-order valence-electron chi connectivity index (χ4n) is 3.12. The van der Waals surface area contributed by atoms with Crippen molar-refractivity contribution in [1.82, 2.24) is 10.4 Å². The normalized spacial score (nSPS) is 13.5. The van der Waals surface area contributed by atoms with Gasteiger partial charge >= 0.3 is 17.9 Å². The summed E-state index contributed by atoms with van der Waals surface area (Å²) in [6, 6.07) is 4.99. The van der Waals surface area contributed by atoms with E-state index in [4.69, 9.17) is 20.3 Å². The second-order valence-electron chi connectivity index (χ2n) is 7.68. The molecule has 1 atom stereocenters. The van der Waals surface area contributed by atoms with Gasteiger partial charge in [0.1, 0.15) is 5.75 Å². The summed E-state index contributed by atoms with van der Waals surface area (Å²) < 4.78 is 10.5. The first-order valence-corrected chi connectivity index (χ1v) is 10.8. The van der Waals surface area contributed by atoms with Crippen LogP contribution in [0.15, 0.2) is 28.3 Å². The van der Waals surface area contributed by atoms with Crippen LogP contribution in [0.1, 0.15) is 44.6 Å². The smallest absolute Gasteiger partial charge is 0.336 e. The minimum atomic E-state index is -2.84. The number of benzene rings is 1. The lowest BCUT2D eigenvalue weighted by molar-refractivity contribution is -0.169. The topological polar surface area (TPSA) is 209 Å². The number of carbonyl (C=O) groups excluding carboxylic acids is 1. The number of rotatable bonds is 13. The molecule has 7 N–H and O–H groups in total. The maximum Gasteiger partial charge on any atom is 0.336 e. The molecule has 190 valence electrons. The molecule has 1 unspecified atom stereocenters.